The molecule has 0 aromatic heterocycles. The summed E-state index contributed by atoms with van der Waals surface area (Å²) in [6, 6.07) is 15.5. The topological polar surface area (TPSA) is 57.6 Å². The third-order valence-corrected chi connectivity index (χ3v) is 7.17. The molecular formula is C22H31N2O3S+. The molecule has 28 heavy (non-hydrogen) atoms. The molecule has 0 amide bonds. The van der Waals surface area contributed by atoms with E-state index < -0.39 is 10.1 Å². The molecule has 1 unspecified atom stereocenters. The summed E-state index contributed by atoms with van der Waals surface area (Å²) in [5, 5.41) is 0. The molecule has 0 bridgehead atoms. The zero-order valence-electron chi connectivity index (χ0n) is 17.0. The average Bonchev–Trinajstić information content (AvgIpc) is 2.88. The van der Waals surface area contributed by atoms with Crippen molar-refractivity contribution >= 4 is 15.8 Å². The van der Waals surface area contributed by atoms with Crippen LogP contribution in [0.5, 0.6) is 0 Å². The lowest BCUT2D eigenvalue weighted by Gasteiger charge is -2.37. The summed E-state index contributed by atoms with van der Waals surface area (Å²) in [7, 11) is -4.27. The zero-order valence-corrected chi connectivity index (χ0v) is 17.8. The number of para-hydroxylation sites is 1. The van der Waals surface area contributed by atoms with Crippen molar-refractivity contribution in [2.24, 2.45) is 0 Å². The average molecular weight is 404 g/mol. The van der Waals surface area contributed by atoms with Gasteiger partial charge in [-0.05, 0) is 44.5 Å². The first kappa shape index (κ1) is 20.8. The van der Waals surface area contributed by atoms with Gasteiger partial charge in [-0.3, -0.25) is 4.55 Å². The lowest BCUT2D eigenvalue weighted by molar-refractivity contribution is -0.923. The van der Waals surface area contributed by atoms with E-state index in [0.717, 1.165) is 60.6 Å². The number of quaternary nitrogens is 1. The molecule has 1 saturated heterocycles. The van der Waals surface area contributed by atoms with E-state index in [1.807, 2.05) is 31.2 Å². The molecule has 0 saturated carbocycles. The second kappa shape index (κ2) is 8.23. The van der Waals surface area contributed by atoms with E-state index in [1.165, 1.54) is 0 Å². The second-order valence-electron chi connectivity index (χ2n) is 7.88. The van der Waals surface area contributed by atoms with E-state index in [4.69, 9.17) is 0 Å². The Kier molecular flexibility index (Phi) is 6.12. The van der Waals surface area contributed by atoms with Crippen LogP contribution >= 0.6 is 0 Å². The Morgan fingerprint density at radius 3 is 2.39 bits per heavy atom. The summed E-state index contributed by atoms with van der Waals surface area (Å²) < 4.78 is 34.9. The number of likely N-dealkylation sites (N-methyl/N-ethyl adjacent to an activating group) is 1. The van der Waals surface area contributed by atoms with Crippen molar-refractivity contribution in [2.75, 3.05) is 44.2 Å². The monoisotopic (exact) mass is 403 g/mol. The maximum absolute atomic E-state index is 12.1. The fourth-order valence-corrected chi connectivity index (χ4v) is 5.16. The van der Waals surface area contributed by atoms with E-state index in [0.29, 0.717) is 0 Å². The smallest absolute Gasteiger partial charge is 0.294 e. The van der Waals surface area contributed by atoms with Gasteiger partial charge in [0.05, 0.1) is 43.5 Å². The van der Waals surface area contributed by atoms with Crippen molar-refractivity contribution in [2.45, 2.75) is 31.6 Å². The van der Waals surface area contributed by atoms with Gasteiger partial charge in [0.1, 0.15) is 0 Å². The maximum Gasteiger partial charge on any atom is 0.294 e. The highest BCUT2D eigenvalue weighted by molar-refractivity contribution is 7.85. The highest BCUT2D eigenvalue weighted by Crippen LogP contribution is 2.32. The van der Waals surface area contributed by atoms with Crippen LogP contribution in [-0.2, 0) is 10.1 Å². The van der Waals surface area contributed by atoms with Crippen LogP contribution < -0.4 is 4.90 Å². The van der Waals surface area contributed by atoms with Crippen LogP contribution in [0.25, 0.3) is 0 Å². The Morgan fingerprint density at radius 1 is 1.11 bits per heavy atom. The molecule has 1 heterocycles. The number of aryl methyl sites for hydroxylation is 1. The lowest BCUT2D eigenvalue weighted by atomic mass is 9.95. The molecule has 0 spiro atoms. The highest BCUT2D eigenvalue weighted by atomic mass is 32.2. The molecule has 1 N–H and O–H groups in total. The molecule has 3 rings (SSSR count). The largest absolute Gasteiger partial charge is 0.365 e. The van der Waals surface area contributed by atoms with Gasteiger partial charge >= 0.3 is 0 Å². The molecule has 0 aliphatic carbocycles. The maximum atomic E-state index is 12.1. The zero-order chi connectivity index (χ0) is 20.4. The molecule has 5 nitrogen and oxygen atoms in total. The van der Waals surface area contributed by atoms with Crippen molar-refractivity contribution in [3.05, 3.63) is 59.7 Å². The molecule has 0 radical (unpaired) electrons. The normalized spacial score (nSPS) is 20.0. The Morgan fingerprint density at radius 2 is 1.79 bits per heavy atom. The standard InChI is InChI=1S/C22H30N2O3S/c1-4-24(5-2)14-13-23(20-9-7-6-8-10-20)16-19(17-24)21-15-18(3)11-12-22(21)28(25,26)27/h6-12,15,19H,4-5,13-14,16-17H2,1-3H3/p+1. The van der Waals surface area contributed by atoms with E-state index in [-0.39, 0.29) is 10.8 Å². The van der Waals surface area contributed by atoms with Crippen molar-refractivity contribution in [1.29, 1.82) is 0 Å². The Hall–Kier alpha value is -1.89. The van der Waals surface area contributed by atoms with Crippen LogP contribution in [-0.4, -0.2) is 56.7 Å². The van der Waals surface area contributed by atoms with Gasteiger partial charge in [0.25, 0.3) is 10.1 Å². The summed E-state index contributed by atoms with van der Waals surface area (Å²) >= 11 is 0. The van der Waals surface area contributed by atoms with Gasteiger partial charge in [0, 0.05) is 12.2 Å². The lowest BCUT2D eigenvalue weighted by Crippen LogP contribution is -2.51. The Labute approximate surface area is 168 Å². The van der Waals surface area contributed by atoms with Gasteiger partial charge in [0.2, 0.25) is 0 Å². The molecule has 1 aliphatic heterocycles. The summed E-state index contributed by atoms with van der Waals surface area (Å²) in [6.45, 7) is 11.9. The molecule has 1 fully saturated rings. The predicted molar refractivity (Wildman–Crippen MR) is 113 cm³/mol. The summed E-state index contributed by atoms with van der Waals surface area (Å²) in [5.74, 6) is 0.0134. The van der Waals surface area contributed by atoms with E-state index in [9.17, 15) is 13.0 Å². The van der Waals surface area contributed by atoms with Gasteiger partial charge < -0.3 is 9.38 Å². The van der Waals surface area contributed by atoms with E-state index in [2.05, 4.69) is 30.9 Å². The fraction of sp³-hybridized carbons (Fsp3) is 0.455. The third-order valence-electron chi connectivity index (χ3n) is 6.24. The van der Waals surface area contributed by atoms with Crippen molar-refractivity contribution in [1.82, 2.24) is 0 Å². The number of hydrogen-bond donors (Lipinski definition) is 1. The first-order valence-corrected chi connectivity index (χ1v) is 11.4. The van der Waals surface area contributed by atoms with E-state index >= 15 is 0 Å². The summed E-state index contributed by atoms with van der Waals surface area (Å²) in [5.41, 5.74) is 2.89. The minimum Gasteiger partial charge on any atom is -0.365 e. The Bertz CT molecular complexity index is 909. The molecule has 1 atom stereocenters. The van der Waals surface area contributed by atoms with Gasteiger partial charge in [-0.2, -0.15) is 8.42 Å². The van der Waals surface area contributed by atoms with E-state index in [1.54, 1.807) is 12.1 Å². The van der Waals surface area contributed by atoms with Crippen LogP contribution in [0, 0.1) is 6.92 Å². The number of nitrogens with zero attached hydrogens (tertiary/aromatic N) is 2. The highest BCUT2D eigenvalue weighted by Gasteiger charge is 2.36. The minimum absolute atomic E-state index is 0.0134. The molecule has 2 aromatic rings. The Balaban J connectivity index is 2.10. The quantitative estimate of drug-likeness (QED) is 0.611. The van der Waals surface area contributed by atoms with Crippen molar-refractivity contribution < 1.29 is 17.5 Å². The number of hydrogen-bond acceptors (Lipinski definition) is 3. The molecule has 6 heteroatoms. The molecule has 1 aliphatic rings. The van der Waals surface area contributed by atoms with Crippen LogP contribution in [0.1, 0.15) is 30.9 Å². The predicted octanol–water partition coefficient (Wildman–Crippen LogP) is 3.70. The van der Waals surface area contributed by atoms with Gasteiger partial charge in [-0.1, -0.05) is 35.9 Å². The second-order valence-corrected chi connectivity index (χ2v) is 9.27. The first-order chi connectivity index (χ1) is 13.3. The fourth-order valence-electron chi connectivity index (χ4n) is 4.40. The SMILES string of the molecule is CC[N+]1(CC)CCN(c2ccccc2)CC(c2cc(C)ccc2S(=O)(=O)O)C1. The van der Waals surface area contributed by atoms with Crippen LogP contribution in [0.4, 0.5) is 5.69 Å². The van der Waals surface area contributed by atoms with Crippen molar-refractivity contribution in [3.8, 4) is 0 Å². The minimum atomic E-state index is -4.27. The number of benzene rings is 2. The van der Waals surface area contributed by atoms with Crippen LogP contribution in [0.15, 0.2) is 53.4 Å². The molecular weight excluding hydrogens is 372 g/mol. The van der Waals surface area contributed by atoms with Gasteiger partial charge in [-0.15, -0.1) is 0 Å². The molecule has 152 valence electrons. The number of anilines is 1. The summed E-state index contributed by atoms with van der Waals surface area (Å²) in [6.07, 6.45) is 0. The third kappa shape index (κ3) is 4.40. The van der Waals surface area contributed by atoms with Crippen LogP contribution in [0.2, 0.25) is 0 Å². The summed E-state index contributed by atoms with van der Waals surface area (Å²) in [4.78, 5) is 2.40. The van der Waals surface area contributed by atoms with Gasteiger partial charge in [0.15, 0.2) is 0 Å². The molecule has 2 aromatic carbocycles. The van der Waals surface area contributed by atoms with Gasteiger partial charge in [-0.25, -0.2) is 0 Å². The van der Waals surface area contributed by atoms with Crippen LogP contribution in [0.3, 0.4) is 0 Å². The first-order valence-electron chi connectivity index (χ1n) is 10.0. The van der Waals surface area contributed by atoms with Crippen molar-refractivity contribution in [3.63, 3.8) is 0 Å². The number of rotatable bonds is 5.